The number of hydrogen-bond donors (Lipinski definition) is 2. The van der Waals surface area contributed by atoms with Crippen LogP contribution in [0.1, 0.15) is 72.8 Å². The van der Waals surface area contributed by atoms with Crippen LogP contribution >= 0.6 is 11.3 Å². The molecule has 0 saturated heterocycles. The molecule has 156 valence electrons. The molecule has 3 aromatic heterocycles. The predicted octanol–water partition coefficient (Wildman–Crippen LogP) is 2.13. The third-order valence-electron chi connectivity index (χ3n) is 6.13. The van der Waals surface area contributed by atoms with E-state index in [1.165, 1.54) is 23.3 Å². The maximum Gasteiger partial charge on any atom is 0.290 e. The molecule has 0 bridgehead atoms. The third-order valence-corrected chi connectivity index (χ3v) is 7.29. The first-order valence-corrected chi connectivity index (χ1v) is 11.7. The molecule has 1 aliphatic rings. The van der Waals surface area contributed by atoms with Crippen molar-refractivity contribution < 1.29 is 9.69 Å². The molecule has 7 nitrogen and oxygen atoms in total. The Kier molecular flexibility index (Phi) is 5.83. The lowest BCUT2D eigenvalue weighted by molar-refractivity contribution is -0.896. The highest BCUT2D eigenvalue weighted by Crippen LogP contribution is 2.42. The van der Waals surface area contributed by atoms with E-state index < -0.39 is 0 Å². The van der Waals surface area contributed by atoms with Crippen LogP contribution in [0.3, 0.4) is 0 Å². The van der Waals surface area contributed by atoms with Crippen molar-refractivity contribution >= 4 is 33.1 Å². The average Bonchev–Trinajstić information content (AvgIpc) is 3.30. The Morgan fingerprint density at radius 2 is 2.10 bits per heavy atom. The normalized spacial score (nSPS) is 16.7. The number of aromatic nitrogens is 4. The smallest absolute Gasteiger partial charge is 0.290 e. The Hall–Kier alpha value is -2.06. The molecule has 0 radical (unpaired) electrons. The maximum absolute atomic E-state index is 12.7. The fourth-order valence-corrected chi connectivity index (χ4v) is 5.78. The Labute approximate surface area is 175 Å². The Balaban J connectivity index is 1.60. The van der Waals surface area contributed by atoms with Crippen LogP contribution in [0.5, 0.6) is 0 Å². The fourth-order valence-electron chi connectivity index (χ4n) is 4.41. The van der Waals surface area contributed by atoms with Crippen molar-refractivity contribution in [2.45, 2.75) is 59.3 Å². The minimum absolute atomic E-state index is 0.201. The van der Waals surface area contributed by atoms with Crippen LogP contribution in [0.25, 0.3) is 15.9 Å². The van der Waals surface area contributed by atoms with Crippen LogP contribution in [-0.2, 0) is 6.42 Å². The van der Waals surface area contributed by atoms with E-state index in [-0.39, 0.29) is 11.7 Å². The molecule has 1 aliphatic carbocycles. The number of aryl methyl sites for hydroxylation is 2. The quantitative estimate of drug-likeness (QED) is 0.580. The van der Waals surface area contributed by atoms with Gasteiger partial charge in [-0.05, 0) is 51.5 Å². The molecule has 0 spiro atoms. The summed E-state index contributed by atoms with van der Waals surface area (Å²) in [6.45, 7) is 12.5. The largest absolute Gasteiger partial charge is 0.349 e. The number of thiophene rings is 1. The number of carbonyl (C=O) groups excluding carboxylic acids is 1. The average molecular weight is 416 g/mol. The highest BCUT2D eigenvalue weighted by molar-refractivity contribution is 7.19. The van der Waals surface area contributed by atoms with Crippen LogP contribution in [-0.4, -0.2) is 51.7 Å². The number of carbonyl (C=O) groups is 1. The molecule has 2 N–H and O–H groups in total. The standard InChI is InChI=1S/C21H30N6OS/c1-5-26(6-2)12-8-11-22-20(28)18-24-19-17-16-13(3)9-7-10-15(16)29-21(17)23-14(4)27(19)25-18/h13H,5-12H2,1-4H3,(H,22,28)/p+1/t13-/m1/s1. The molecule has 0 unspecified atom stereocenters. The highest BCUT2D eigenvalue weighted by Gasteiger charge is 2.26. The number of amides is 1. The van der Waals surface area contributed by atoms with Gasteiger partial charge in [0.05, 0.1) is 25.0 Å². The predicted molar refractivity (Wildman–Crippen MR) is 116 cm³/mol. The van der Waals surface area contributed by atoms with E-state index in [9.17, 15) is 4.79 Å². The van der Waals surface area contributed by atoms with Gasteiger partial charge in [-0.3, -0.25) is 4.79 Å². The van der Waals surface area contributed by atoms with Crippen molar-refractivity contribution in [1.82, 2.24) is 24.9 Å². The molecule has 0 aromatic carbocycles. The molecule has 1 amide bonds. The Morgan fingerprint density at radius 1 is 1.31 bits per heavy atom. The first-order chi connectivity index (χ1) is 14.0. The van der Waals surface area contributed by atoms with Crippen LogP contribution in [0.2, 0.25) is 0 Å². The van der Waals surface area contributed by atoms with Gasteiger partial charge in [0, 0.05) is 17.8 Å². The van der Waals surface area contributed by atoms with Crippen LogP contribution in [0.15, 0.2) is 0 Å². The Bertz CT molecular complexity index is 1040. The third kappa shape index (κ3) is 3.75. The topological polar surface area (TPSA) is 76.6 Å². The van der Waals surface area contributed by atoms with E-state index in [0.29, 0.717) is 12.5 Å². The molecule has 3 aromatic rings. The van der Waals surface area contributed by atoms with Crippen LogP contribution in [0.4, 0.5) is 0 Å². The van der Waals surface area contributed by atoms with Crippen molar-refractivity contribution in [3.05, 3.63) is 22.1 Å². The maximum atomic E-state index is 12.7. The van der Waals surface area contributed by atoms with Gasteiger partial charge in [0.25, 0.3) is 5.91 Å². The van der Waals surface area contributed by atoms with Gasteiger partial charge in [-0.15, -0.1) is 16.4 Å². The van der Waals surface area contributed by atoms with Crippen LogP contribution < -0.4 is 10.2 Å². The van der Waals surface area contributed by atoms with Crippen molar-refractivity contribution in [3.8, 4) is 0 Å². The number of hydrogen-bond acceptors (Lipinski definition) is 5. The summed E-state index contributed by atoms with van der Waals surface area (Å²) in [4.78, 5) is 26.1. The molecule has 8 heteroatoms. The summed E-state index contributed by atoms with van der Waals surface area (Å²) >= 11 is 1.78. The first kappa shape index (κ1) is 20.2. The summed E-state index contributed by atoms with van der Waals surface area (Å²) in [5, 5.41) is 8.58. The van der Waals surface area contributed by atoms with Crippen molar-refractivity contribution in [2.24, 2.45) is 0 Å². The second-order valence-corrected chi connectivity index (χ2v) is 9.14. The van der Waals surface area contributed by atoms with Crippen molar-refractivity contribution in [3.63, 3.8) is 0 Å². The van der Waals surface area contributed by atoms with Gasteiger partial charge in [-0.25, -0.2) is 9.97 Å². The first-order valence-electron chi connectivity index (χ1n) is 10.8. The fraction of sp³-hybridized carbons (Fsp3) is 0.619. The molecule has 1 atom stereocenters. The van der Waals surface area contributed by atoms with Gasteiger partial charge in [0.1, 0.15) is 10.7 Å². The Morgan fingerprint density at radius 3 is 2.86 bits per heavy atom. The van der Waals surface area contributed by atoms with Gasteiger partial charge in [-0.1, -0.05) is 6.92 Å². The zero-order valence-electron chi connectivity index (χ0n) is 17.8. The number of quaternary nitrogens is 1. The van der Waals surface area contributed by atoms with Gasteiger partial charge >= 0.3 is 0 Å². The second-order valence-electron chi connectivity index (χ2n) is 8.06. The lowest BCUT2D eigenvalue weighted by atomic mass is 9.87. The lowest BCUT2D eigenvalue weighted by Gasteiger charge is -2.18. The summed E-state index contributed by atoms with van der Waals surface area (Å²) < 4.78 is 1.74. The summed E-state index contributed by atoms with van der Waals surface area (Å²) in [6.07, 6.45) is 4.49. The van der Waals surface area contributed by atoms with Crippen molar-refractivity contribution in [1.29, 1.82) is 0 Å². The number of rotatable bonds is 7. The molecule has 29 heavy (non-hydrogen) atoms. The van der Waals surface area contributed by atoms with E-state index in [1.54, 1.807) is 20.8 Å². The zero-order valence-corrected chi connectivity index (χ0v) is 18.7. The van der Waals surface area contributed by atoms with E-state index in [4.69, 9.17) is 4.98 Å². The van der Waals surface area contributed by atoms with E-state index in [2.05, 4.69) is 36.2 Å². The molecule has 0 saturated carbocycles. The summed E-state index contributed by atoms with van der Waals surface area (Å²) in [5.74, 6) is 1.31. The van der Waals surface area contributed by atoms with E-state index in [1.807, 2.05) is 6.92 Å². The van der Waals surface area contributed by atoms with Gasteiger partial charge in [0.15, 0.2) is 5.65 Å². The molecule has 0 aliphatic heterocycles. The molecule has 0 fully saturated rings. The molecule has 3 heterocycles. The monoisotopic (exact) mass is 415 g/mol. The minimum Gasteiger partial charge on any atom is -0.349 e. The van der Waals surface area contributed by atoms with E-state index in [0.717, 1.165) is 54.2 Å². The summed E-state index contributed by atoms with van der Waals surface area (Å²) in [7, 11) is 0. The number of nitrogens with one attached hydrogen (secondary N) is 2. The zero-order chi connectivity index (χ0) is 20.5. The van der Waals surface area contributed by atoms with Gasteiger partial charge < -0.3 is 10.2 Å². The van der Waals surface area contributed by atoms with E-state index >= 15 is 0 Å². The number of fused-ring (bicyclic) bond motifs is 5. The lowest BCUT2D eigenvalue weighted by Crippen LogP contribution is -3.11. The number of nitrogens with zero attached hydrogens (tertiary/aromatic N) is 4. The minimum atomic E-state index is -0.201. The summed E-state index contributed by atoms with van der Waals surface area (Å²) in [6, 6.07) is 0. The SMILES string of the molecule is CC[NH+](CC)CCCNC(=O)c1nc2c3c4c(sc3nc(C)n2n1)CCC[C@H]4C. The second kappa shape index (κ2) is 8.36. The van der Waals surface area contributed by atoms with Crippen LogP contribution in [0, 0.1) is 6.92 Å². The highest BCUT2D eigenvalue weighted by atomic mass is 32.1. The molecule has 4 rings (SSSR count). The summed E-state index contributed by atoms with van der Waals surface area (Å²) in [5.41, 5.74) is 2.15. The molecular weight excluding hydrogens is 384 g/mol. The molecular formula is C21H31N6OS+. The van der Waals surface area contributed by atoms with Gasteiger partial charge in [0.2, 0.25) is 5.82 Å². The van der Waals surface area contributed by atoms with Crippen molar-refractivity contribution in [2.75, 3.05) is 26.2 Å². The van der Waals surface area contributed by atoms with Gasteiger partial charge in [-0.2, -0.15) is 4.52 Å².